The molecule has 0 saturated heterocycles. The van der Waals surface area contributed by atoms with E-state index in [1.54, 1.807) is 6.07 Å². The van der Waals surface area contributed by atoms with Crippen molar-refractivity contribution < 1.29 is 4.79 Å². The summed E-state index contributed by atoms with van der Waals surface area (Å²) in [7, 11) is 0. The van der Waals surface area contributed by atoms with Crippen molar-refractivity contribution >= 4 is 21.8 Å². The maximum atomic E-state index is 12.1. The molecule has 3 aromatic rings. The summed E-state index contributed by atoms with van der Waals surface area (Å²) >= 11 is 3.40. The fraction of sp³-hybridized carbons (Fsp3) is 0.0588. The summed E-state index contributed by atoms with van der Waals surface area (Å²) in [5.74, 6) is -0.167. The lowest BCUT2D eigenvalue weighted by molar-refractivity contribution is 0.0946. The van der Waals surface area contributed by atoms with Crippen molar-refractivity contribution in [3.05, 3.63) is 76.4 Å². The number of nitrogens with zero attached hydrogens (tertiary/aromatic N) is 1. The quantitative estimate of drug-likeness (QED) is 0.748. The number of carbonyl (C=O) groups is 1. The molecule has 0 fully saturated rings. The van der Waals surface area contributed by atoms with Crippen LogP contribution in [-0.2, 0) is 6.54 Å². The Kier molecular flexibility index (Phi) is 4.34. The molecule has 0 aliphatic carbocycles. The molecular weight excluding hydrogens is 342 g/mol. The van der Waals surface area contributed by atoms with Gasteiger partial charge >= 0.3 is 0 Å². The first-order chi connectivity index (χ1) is 10.7. The molecule has 0 spiro atoms. The van der Waals surface area contributed by atoms with Gasteiger partial charge in [0, 0.05) is 16.6 Å². The second-order valence-corrected chi connectivity index (χ2v) is 5.76. The summed E-state index contributed by atoms with van der Waals surface area (Å²) < 4.78 is 1.01. The maximum absolute atomic E-state index is 12.1. The highest BCUT2D eigenvalue weighted by atomic mass is 79.9. The van der Waals surface area contributed by atoms with Crippen LogP contribution in [0.5, 0.6) is 0 Å². The van der Waals surface area contributed by atoms with Gasteiger partial charge in [0.15, 0.2) is 0 Å². The van der Waals surface area contributed by atoms with Gasteiger partial charge in [-0.3, -0.25) is 9.89 Å². The van der Waals surface area contributed by atoms with E-state index < -0.39 is 0 Å². The summed E-state index contributed by atoms with van der Waals surface area (Å²) in [5.41, 5.74) is 3.22. The van der Waals surface area contributed by atoms with E-state index >= 15 is 0 Å². The van der Waals surface area contributed by atoms with Gasteiger partial charge in [-0.1, -0.05) is 58.4 Å². The molecule has 2 N–H and O–H groups in total. The van der Waals surface area contributed by atoms with E-state index in [1.165, 1.54) is 0 Å². The third-order valence-electron chi connectivity index (χ3n) is 3.26. The lowest BCUT2D eigenvalue weighted by Gasteiger charge is -2.02. The van der Waals surface area contributed by atoms with Gasteiger partial charge < -0.3 is 5.32 Å². The molecule has 0 aliphatic heterocycles. The minimum absolute atomic E-state index is 0.167. The van der Waals surface area contributed by atoms with E-state index in [4.69, 9.17) is 0 Å². The van der Waals surface area contributed by atoms with Crippen LogP contribution in [-0.4, -0.2) is 16.1 Å². The van der Waals surface area contributed by atoms with Crippen LogP contribution < -0.4 is 5.32 Å². The van der Waals surface area contributed by atoms with Crippen molar-refractivity contribution in [3.8, 4) is 11.3 Å². The van der Waals surface area contributed by atoms with E-state index in [9.17, 15) is 4.79 Å². The summed E-state index contributed by atoms with van der Waals surface area (Å²) in [4.78, 5) is 12.1. The van der Waals surface area contributed by atoms with Crippen molar-refractivity contribution in [2.24, 2.45) is 0 Å². The van der Waals surface area contributed by atoms with E-state index in [0.717, 1.165) is 21.3 Å². The van der Waals surface area contributed by atoms with Crippen molar-refractivity contribution in [3.63, 3.8) is 0 Å². The third-order valence-corrected chi connectivity index (χ3v) is 3.79. The maximum Gasteiger partial charge on any atom is 0.269 e. The molecule has 110 valence electrons. The van der Waals surface area contributed by atoms with Crippen LogP contribution in [0.3, 0.4) is 0 Å². The Bertz CT molecular complexity index is 766. The first kappa shape index (κ1) is 14.5. The van der Waals surface area contributed by atoms with E-state index in [-0.39, 0.29) is 5.91 Å². The molecule has 0 unspecified atom stereocenters. The molecule has 4 nitrogen and oxygen atoms in total. The Morgan fingerprint density at radius 3 is 2.55 bits per heavy atom. The number of rotatable bonds is 4. The van der Waals surface area contributed by atoms with Crippen LogP contribution in [0, 0.1) is 0 Å². The van der Waals surface area contributed by atoms with Gasteiger partial charge in [0.1, 0.15) is 5.69 Å². The van der Waals surface area contributed by atoms with Gasteiger partial charge in [0.25, 0.3) is 5.91 Å². The molecule has 22 heavy (non-hydrogen) atoms. The van der Waals surface area contributed by atoms with Crippen LogP contribution in [0.4, 0.5) is 0 Å². The Balaban J connectivity index is 1.68. The Morgan fingerprint density at radius 1 is 1.09 bits per heavy atom. The molecule has 0 atom stereocenters. The number of H-pyrrole nitrogens is 1. The molecule has 0 aliphatic rings. The fourth-order valence-electron chi connectivity index (χ4n) is 2.08. The zero-order valence-corrected chi connectivity index (χ0v) is 13.3. The first-order valence-corrected chi connectivity index (χ1v) is 7.65. The fourth-order valence-corrected chi connectivity index (χ4v) is 2.34. The minimum atomic E-state index is -0.167. The number of aromatic nitrogens is 2. The molecule has 1 amide bonds. The summed E-state index contributed by atoms with van der Waals surface area (Å²) in [5, 5.41) is 9.84. The van der Waals surface area contributed by atoms with Crippen LogP contribution in [0.2, 0.25) is 0 Å². The second-order valence-electron chi connectivity index (χ2n) is 4.84. The Morgan fingerprint density at radius 2 is 1.82 bits per heavy atom. The summed E-state index contributed by atoms with van der Waals surface area (Å²) in [6.45, 7) is 0.492. The average Bonchev–Trinajstić information content (AvgIpc) is 3.04. The number of amides is 1. The number of hydrogen-bond donors (Lipinski definition) is 2. The zero-order chi connectivity index (χ0) is 15.4. The molecule has 2 aromatic carbocycles. The summed E-state index contributed by atoms with van der Waals surface area (Å²) in [6, 6.07) is 19.3. The van der Waals surface area contributed by atoms with Crippen molar-refractivity contribution in [2.45, 2.75) is 6.54 Å². The van der Waals surface area contributed by atoms with Crippen molar-refractivity contribution in [2.75, 3.05) is 0 Å². The number of hydrogen-bond acceptors (Lipinski definition) is 2. The van der Waals surface area contributed by atoms with Gasteiger partial charge in [0.05, 0.1) is 5.69 Å². The SMILES string of the molecule is O=C(NCc1ccccc1)c1cc(-c2ccc(Br)cc2)n[nH]1. The largest absolute Gasteiger partial charge is 0.347 e. The second kappa shape index (κ2) is 6.58. The molecule has 1 heterocycles. The predicted octanol–water partition coefficient (Wildman–Crippen LogP) is 3.77. The Labute approximate surface area is 136 Å². The van der Waals surface area contributed by atoms with Crippen LogP contribution in [0.15, 0.2) is 65.1 Å². The van der Waals surface area contributed by atoms with E-state index in [2.05, 4.69) is 31.4 Å². The average molecular weight is 356 g/mol. The highest BCUT2D eigenvalue weighted by Crippen LogP contribution is 2.20. The van der Waals surface area contributed by atoms with Crippen LogP contribution in [0.1, 0.15) is 16.1 Å². The highest BCUT2D eigenvalue weighted by Gasteiger charge is 2.10. The number of halogens is 1. The van der Waals surface area contributed by atoms with Gasteiger partial charge in [-0.2, -0.15) is 5.10 Å². The molecule has 1 aromatic heterocycles. The molecule has 0 bridgehead atoms. The number of benzene rings is 2. The first-order valence-electron chi connectivity index (χ1n) is 6.86. The molecule has 5 heteroatoms. The zero-order valence-electron chi connectivity index (χ0n) is 11.7. The van der Waals surface area contributed by atoms with E-state index in [1.807, 2.05) is 54.6 Å². The van der Waals surface area contributed by atoms with Gasteiger partial charge in [-0.05, 0) is 23.8 Å². The molecule has 0 saturated carbocycles. The van der Waals surface area contributed by atoms with Crippen molar-refractivity contribution in [1.82, 2.24) is 15.5 Å². The van der Waals surface area contributed by atoms with Gasteiger partial charge in [0.2, 0.25) is 0 Å². The molecule has 3 rings (SSSR count). The van der Waals surface area contributed by atoms with Gasteiger partial charge in [-0.15, -0.1) is 0 Å². The lowest BCUT2D eigenvalue weighted by atomic mass is 10.1. The Hall–Kier alpha value is -2.40. The number of aromatic amines is 1. The van der Waals surface area contributed by atoms with Crippen LogP contribution in [0.25, 0.3) is 11.3 Å². The minimum Gasteiger partial charge on any atom is -0.347 e. The highest BCUT2D eigenvalue weighted by molar-refractivity contribution is 9.10. The van der Waals surface area contributed by atoms with Gasteiger partial charge in [-0.25, -0.2) is 0 Å². The topological polar surface area (TPSA) is 57.8 Å². The summed E-state index contributed by atoms with van der Waals surface area (Å²) in [6.07, 6.45) is 0. The smallest absolute Gasteiger partial charge is 0.269 e. The number of carbonyl (C=O) groups excluding carboxylic acids is 1. The molecule has 0 radical (unpaired) electrons. The number of nitrogens with one attached hydrogen (secondary N) is 2. The lowest BCUT2D eigenvalue weighted by Crippen LogP contribution is -2.23. The normalized spacial score (nSPS) is 10.4. The molecular formula is C17H14BrN3O. The van der Waals surface area contributed by atoms with Crippen LogP contribution >= 0.6 is 15.9 Å². The van der Waals surface area contributed by atoms with Crippen molar-refractivity contribution in [1.29, 1.82) is 0 Å². The standard InChI is InChI=1S/C17H14BrN3O/c18-14-8-6-13(7-9-14)15-10-16(21-20-15)17(22)19-11-12-4-2-1-3-5-12/h1-10H,11H2,(H,19,22)(H,20,21). The monoisotopic (exact) mass is 355 g/mol. The third kappa shape index (κ3) is 3.43. The predicted molar refractivity (Wildman–Crippen MR) is 89.3 cm³/mol. The van der Waals surface area contributed by atoms with E-state index in [0.29, 0.717) is 12.2 Å².